The van der Waals surface area contributed by atoms with Gasteiger partial charge in [0.15, 0.2) is 0 Å². The van der Waals surface area contributed by atoms with E-state index in [0.29, 0.717) is 18.7 Å². The van der Waals surface area contributed by atoms with Crippen LogP contribution in [0.2, 0.25) is 0 Å². The molecule has 120 valence electrons. The molecule has 2 aromatic carbocycles. The first-order valence-electron chi connectivity index (χ1n) is 7.41. The zero-order chi connectivity index (χ0) is 16.4. The number of sulfonamides is 1. The quantitative estimate of drug-likeness (QED) is 0.904. The zero-order valence-corrected chi connectivity index (χ0v) is 13.6. The van der Waals surface area contributed by atoms with Gasteiger partial charge in [-0.25, -0.2) is 8.42 Å². The van der Waals surface area contributed by atoms with Gasteiger partial charge in [0.2, 0.25) is 5.91 Å². The van der Waals surface area contributed by atoms with Crippen LogP contribution in [0.1, 0.15) is 23.5 Å². The number of anilines is 1. The third kappa shape index (κ3) is 3.37. The summed E-state index contributed by atoms with van der Waals surface area (Å²) in [6.07, 6.45) is 0.452. The highest BCUT2D eigenvalue weighted by Gasteiger charge is 2.23. The molecule has 0 aliphatic carbocycles. The van der Waals surface area contributed by atoms with Gasteiger partial charge in [-0.1, -0.05) is 30.3 Å². The number of rotatable bonds is 4. The Labute approximate surface area is 135 Å². The third-order valence-corrected chi connectivity index (χ3v) is 5.41. The summed E-state index contributed by atoms with van der Waals surface area (Å²) in [5.74, 6) is 0.150. The molecule has 0 unspecified atom stereocenters. The lowest BCUT2D eigenvalue weighted by Gasteiger charge is -2.12. The Morgan fingerprint density at radius 1 is 1.09 bits per heavy atom. The number of benzene rings is 2. The normalized spacial score (nSPS) is 17.8. The number of carbonyl (C=O) groups is 1. The monoisotopic (exact) mass is 330 g/mol. The largest absolute Gasteiger partial charge is 0.355 e. The van der Waals surface area contributed by atoms with E-state index in [-0.39, 0.29) is 16.7 Å². The molecule has 0 saturated carbocycles. The Morgan fingerprint density at radius 3 is 2.39 bits per heavy atom. The summed E-state index contributed by atoms with van der Waals surface area (Å²) in [5.41, 5.74) is 2.41. The van der Waals surface area contributed by atoms with Gasteiger partial charge in [-0.05, 0) is 36.2 Å². The number of hydrogen-bond acceptors (Lipinski definition) is 3. The summed E-state index contributed by atoms with van der Waals surface area (Å²) in [7, 11) is -3.62. The van der Waals surface area contributed by atoms with Crippen LogP contribution in [0, 0.1) is 6.92 Å². The van der Waals surface area contributed by atoms with Crippen molar-refractivity contribution in [2.75, 3.05) is 11.3 Å². The van der Waals surface area contributed by atoms with Gasteiger partial charge in [-0.3, -0.25) is 9.52 Å². The molecule has 1 fully saturated rings. The topological polar surface area (TPSA) is 75.3 Å². The summed E-state index contributed by atoms with van der Waals surface area (Å²) in [5, 5.41) is 2.78. The van der Waals surface area contributed by atoms with E-state index in [2.05, 4.69) is 10.0 Å². The number of para-hydroxylation sites is 1. The van der Waals surface area contributed by atoms with Gasteiger partial charge in [0.05, 0.1) is 10.6 Å². The molecule has 1 heterocycles. The molecule has 0 spiro atoms. The number of aryl methyl sites for hydroxylation is 1. The van der Waals surface area contributed by atoms with Crippen molar-refractivity contribution in [2.24, 2.45) is 0 Å². The first kappa shape index (κ1) is 15.6. The molecule has 0 aromatic heterocycles. The standard InChI is InChI=1S/C17H18N2O3S/c1-12-4-2-3-5-16(12)19-23(21,22)15-8-6-13(7-9-15)14-10-17(20)18-11-14/h2-9,14,19H,10-11H2,1H3,(H,18,20)/t14-/m0/s1. The Morgan fingerprint density at radius 2 is 1.78 bits per heavy atom. The van der Waals surface area contributed by atoms with E-state index < -0.39 is 10.0 Å². The van der Waals surface area contributed by atoms with Crippen molar-refractivity contribution in [2.45, 2.75) is 24.2 Å². The molecule has 2 aromatic rings. The van der Waals surface area contributed by atoms with Gasteiger partial charge in [0.25, 0.3) is 10.0 Å². The lowest BCUT2D eigenvalue weighted by atomic mass is 9.99. The average Bonchev–Trinajstić information content (AvgIpc) is 2.96. The molecule has 1 aliphatic rings. The highest BCUT2D eigenvalue weighted by molar-refractivity contribution is 7.92. The number of amides is 1. The fourth-order valence-electron chi connectivity index (χ4n) is 2.65. The Balaban J connectivity index is 1.81. The van der Waals surface area contributed by atoms with Crippen molar-refractivity contribution >= 4 is 21.6 Å². The summed E-state index contributed by atoms with van der Waals surface area (Å²) in [6.45, 7) is 2.46. The molecule has 1 aliphatic heterocycles. The first-order chi connectivity index (χ1) is 11.0. The molecule has 0 bridgehead atoms. The minimum absolute atomic E-state index is 0.0351. The molecule has 6 heteroatoms. The maximum absolute atomic E-state index is 12.5. The molecular formula is C17H18N2O3S. The second kappa shape index (κ2) is 6.04. The van der Waals surface area contributed by atoms with Gasteiger partial charge in [0.1, 0.15) is 0 Å². The predicted octanol–water partition coefficient (Wildman–Crippen LogP) is 2.40. The Bertz CT molecular complexity index is 829. The number of nitrogens with one attached hydrogen (secondary N) is 2. The second-order valence-corrected chi connectivity index (χ2v) is 7.38. The fraction of sp³-hybridized carbons (Fsp3) is 0.235. The van der Waals surface area contributed by atoms with Crippen LogP contribution in [0.5, 0.6) is 0 Å². The van der Waals surface area contributed by atoms with Crippen LogP contribution in [0.15, 0.2) is 53.4 Å². The first-order valence-corrected chi connectivity index (χ1v) is 8.89. The van der Waals surface area contributed by atoms with E-state index in [1.54, 1.807) is 36.4 Å². The van der Waals surface area contributed by atoms with Gasteiger partial charge >= 0.3 is 0 Å². The molecule has 3 rings (SSSR count). The van der Waals surface area contributed by atoms with Crippen molar-refractivity contribution < 1.29 is 13.2 Å². The summed E-state index contributed by atoms with van der Waals surface area (Å²) < 4.78 is 27.5. The van der Waals surface area contributed by atoms with Crippen LogP contribution in [-0.2, 0) is 14.8 Å². The zero-order valence-electron chi connectivity index (χ0n) is 12.7. The highest BCUT2D eigenvalue weighted by Crippen LogP contribution is 2.25. The fourth-order valence-corrected chi connectivity index (χ4v) is 3.78. The number of carbonyl (C=O) groups excluding carboxylic acids is 1. The van der Waals surface area contributed by atoms with Crippen LogP contribution >= 0.6 is 0 Å². The van der Waals surface area contributed by atoms with E-state index in [1.807, 2.05) is 19.1 Å². The van der Waals surface area contributed by atoms with E-state index in [0.717, 1.165) is 11.1 Å². The molecule has 5 nitrogen and oxygen atoms in total. The molecule has 1 amide bonds. The third-order valence-electron chi connectivity index (χ3n) is 4.03. The van der Waals surface area contributed by atoms with Gasteiger partial charge < -0.3 is 5.32 Å². The molecule has 2 N–H and O–H groups in total. The van der Waals surface area contributed by atoms with E-state index in [1.165, 1.54) is 0 Å². The second-order valence-electron chi connectivity index (χ2n) is 5.69. The maximum Gasteiger partial charge on any atom is 0.261 e. The Hall–Kier alpha value is -2.34. The van der Waals surface area contributed by atoms with Gasteiger partial charge in [-0.15, -0.1) is 0 Å². The van der Waals surface area contributed by atoms with Crippen molar-refractivity contribution in [3.8, 4) is 0 Å². The summed E-state index contributed by atoms with van der Waals surface area (Å²) in [6, 6.07) is 13.9. The van der Waals surface area contributed by atoms with Crippen molar-refractivity contribution in [1.29, 1.82) is 0 Å². The molecule has 1 atom stereocenters. The predicted molar refractivity (Wildman–Crippen MR) is 88.8 cm³/mol. The van der Waals surface area contributed by atoms with Gasteiger partial charge in [-0.2, -0.15) is 0 Å². The smallest absolute Gasteiger partial charge is 0.261 e. The molecule has 0 radical (unpaired) electrons. The van der Waals surface area contributed by atoms with E-state index >= 15 is 0 Å². The van der Waals surface area contributed by atoms with Crippen LogP contribution < -0.4 is 10.0 Å². The summed E-state index contributed by atoms with van der Waals surface area (Å²) >= 11 is 0. The Kier molecular flexibility index (Phi) is 4.09. The minimum atomic E-state index is -3.62. The van der Waals surface area contributed by atoms with Crippen LogP contribution in [0.3, 0.4) is 0 Å². The summed E-state index contributed by atoms with van der Waals surface area (Å²) in [4.78, 5) is 11.5. The molecule has 23 heavy (non-hydrogen) atoms. The van der Waals surface area contributed by atoms with Crippen molar-refractivity contribution in [3.05, 3.63) is 59.7 Å². The lowest BCUT2D eigenvalue weighted by molar-refractivity contribution is -0.119. The lowest BCUT2D eigenvalue weighted by Crippen LogP contribution is -2.14. The van der Waals surface area contributed by atoms with Crippen LogP contribution in [0.4, 0.5) is 5.69 Å². The van der Waals surface area contributed by atoms with Crippen LogP contribution in [0.25, 0.3) is 0 Å². The van der Waals surface area contributed by atoms with E-state index in [9.17, 15) is 13.2 Å². The highest BCUT2D eigenvalue weighted by atomic mass is 32.2. The molecular weight excluding hydrogens is 312 g/mol. The van der Waals surface area contributed by atoms with Crippen LogP contribution in [-0.4, -0.2) is 20.9 Å². The number of hydrogen-bond donors (Lipinski definition) is 2. The SMILES string of the molecule is Cc1ccccc1NS(=O)(=O)c1ccc([C@@H]2CNC(=O)C2)cc1. The van der Waals surface area contributed by atoms with E-state index in [4.69, 9.17) is 0 Å². The minimum Gasteiger partial charge on any atom is -0.355 e. The van der Waals surface area contributed by atoms with Crippen molar-refractivity contribution in [1.82, 2.24) is 5.32 Å². The average molecular weight is 330 g/mol. The molecule has 1 saturated heterocycles. The van der Waals surface area contributed by atoms with Crippen molar-refractivity contribution in [3.63, 3.8) is 0 Å². The maximum atomic E-state index is 12.5. The van der Waals surface area contributed by atoms with Gasteiger partial charge in [0, 0.05) is 18.9 Å².